The highest BCUT2D eigenvalue weighted by molar-refractivity contribution is 4.95. The second-order valence-corrected chi connectivity index (χ2v) is 5.63. The number of nitrogens with zero attached hydrogens (tertiary/aromatic N) is 1. The Bertz CT molecular complexity index is 171. The number of nitrogens with two attached hydrogens (primary N) is 1. The zero-order valence-corrected chi connectivity index (χ0v) is 10.2. The Hall–Kier alpha value is -0.0800. The Morgan fingerprint density at radius 2 is 1.79 bits per heavy atom. The van der Waals surface area contributed by atoms with Crippen LogP contribution in [0.4, 0.5) is 0 Å². The molecule has 0 unspecified atom stereocenters. The molecule has 0 atom stereocenters. The van der Waals surface area contributed by atoms with E-state index in [1.54, 1.807) is 0 Å². The van der Waals surface area contributed by atoms with E-state index in [1.807, 2.05) is 0 Å². The van der Waals surface area contributed by atoms with Crippen molar-refractivity contribution < 1.29 is 0 Å². The highest BCUT2D eigenvalue weighted by Gasteiger charge is 2.34. The van der Waals surface area contributed by atoms with Gasteiger partial charge in [0.15, 0.2) is 0 Å². The van der Waals surface area contributed by atoms with Crippen molar-refractivity contribution in [3.05, 3.63) is 0 Å². The van der Waals surface area contributed by atoms with E-state index in [0.29, 0.717) is 6.04 Å². The lowest BCUT2D eigenvalue weighted by Gasteiger charge is -2.43. The summed E-state index contributed by atoms with van der Waals surface area (Å²) in [6.07, 6.45) is 3.76. The minimum atomic E-state index is 0.138. The van der Waals surface area contributed by atoms with Gasteiger partial charge in [-0.3, -0.25) is 4.90 Å². The van der Waals surface area contributed by atoms with Crippen molar-refractivity contribution in [2.45, 2.75) is 58.5 Å². The molecular weight excluding hydrogens is 172 g/mol. The lowest BCUT2D eigenvalue weighted by atomic mass is 9.77. The minimum absolute atomic E-state index is 0.138. The molecule has 0 radical (unpaired) electrons. The number of hydrogen-bond donors (Lipinski definition) is 1. The van der Waals surface area contributed by atoms with Crippen molar-refractivity contribution in [3.8, 4) is 0 Å². The van der Waals surface area contributed by atoms with E-state index in [4.69, 9.17) is 5.73 Å². The van der Waals surface area contributed by atoms with Crippen molar-refractivity contribution in [2.24, 2.45) is 11.7 Å². The molecule has 1 aliphatic carbocycles. The smallest absolute Gasteiger partial charge is 0.0283 e. The SMILES string of the molecule is CC(C)CN(CC1(N)CCC1)C(C)C. The normalized spacial score (nSPS) is 20.6. The van der Waals surface area contributed by atoms with E-state index >= 15 is 0 Å². The molecule has 1 fully saturated rings. The summed E-state index contributed by atoms with van der Waals surface area (Å²) in [5.41, 5.74) is 6.41. The molecule has 2 N–H and O–H groups in total. The van der Waals surface area contributed by atoms with Crippen LogP contribution in [0.1, 0.15) is 47.0 Å². The lowest BCUT2D eigenvalue weighted by Crippen LogP contribution is -2.56. The fourth-order valence-electron chi connectivity index (χ4n) is 2.12. The van der Waals surface area contributed by atoms with Crippen molar-refractivity contribution >= 4 is 0 Å². The Morgan fingerprint density at radius 3 is 2.07 bits per heavy atom. The highest BCUT2D eigenvalue weighted by atomic mass is 15.2. The van der Waals surface area contributed by atoms with Gasteiger partial charge in [-0.1, -0.05) is 13.8 Å². The molecule has 1 saturated carbocycles. The summed E-state index contributed by atoms with van der Waals surface area (Å²) in [5.74, 6) is 0.737. The molecule has 0 saturated heterocycles. The third-order valence-electron chi connectivity index (χ3n) is 3.20. The first-order valence-electron chi connectivity index (χ1n) is 5.96. The van der Waals surface area contributed by atoms with Crippen LogP contribution in [0.2, 0.25) is 0 Å². The van der Waals surface area contributed by atoms with Crippen LogP contribution in [0, 0.1) is 5.92 Å². The Labute approximate surface area is 88.8 Å². The zero-order chi connectivity index (χ0) is 10.8. The van der Waals surface area contributed by atoms with Gasteiger partial charge in [-0.2, -0.15) is 0 Å². The van der Waals surface area contributed by atoms with Gasteiger partial charge in [0.2, 0.25) is 0 Å². The van der Waals surface area contributed by atoms with Crippen LogP contribution in [-0.2, 0) is 0 Å². The minimum Gasteiger partial charge on any atom is -0.324 e. The van der Waals surface area contributed by atoms with Crippen molar-refractivity contribution in [1.82, 2.24) is 4.90 Å². The molecule has 84 valence electrons. The predicted molar refractivity (Wildman–Crippen MR) is 62.3 cm³/mol. The number of rotatable bonds is 5. The van der Waals surface area contributed by atoms with E-state index in [9.17, 15) is 0 Å². The summed E-state index contributed by atoms with van der Waals surface area (Å²) in [6, 6.07) is 0.624. The zero-order valence-electron chi connectivity index (χ0n) is 10.2. The van der Waals surface area contributed by atoms with Gasteiger partial charge in [-0.25, -0.2) is 0 Å². The molecule has 1 aliphatic rings. The van der Waals surface area contributed by atoms with Crippen LogP contribution in [0.3, 0.4) is 0 Å². The molecule has 2 nitrogen and oxygen atoms in total. The van der Waals surface area contributed by atoms with Crippen molar-refractivity contribution in [2.75, 3.05) is 13.1 Å². The molecule has 0 amide bonds. The molecule has 2 heteroatoms. The summed E-state index contributed by atoms with van der Waals surface area (Å²) >= 11 is 0. The standard InChI is InChI=1S/C12H26N2/c1-10(2)8-14(11(3)4)9-12(13)6-5-7-12/h10-11H,5-9,13H2,1-4H3. The van der Waals surface area contributed by atoms with Crippen LogP contribution in [0.5, 0.6) is 0 Å². The van der Waals surface area contributed by atoms with Gasteiger partial charge in [0, 0.05) is 24.7 Å². The lowest BCUT2D eigenvalue weighted by molar-refractivity contribution is 0.109. The topological polar surface area (TPSA) is 29.3 Å². The maximum atomic E-state index is 6.28. The molecule has 0 bridgehead atoms. The van der Waals surface area contributed by atoms with E-state index in [0.717, 1.165) is 12.5 Å². The Kier molecular flexibility index (Phi) is 3.96. The Morgan fingerprint density at radius 1 is 1.21 bits per heavy atom. The average molecular weight is 198 g/mol. The molecule has 0 spiro atoms. The van der Waals surface area contributed by atoms with Gasteiger partial charge in [0.25, 0.3) is 0 Å². The summed E-state index contributed by atoms with van der Waals surface area (Å²) in [5, 5.41) is 0. The van der Waals surface area contributed by atoms with E-state index in [-0.39, 0.29) is 5.54 Å². The second kappa shape index (κ2) is 4.63. The van der Waals surface area contributed by atoms with E-state index in [1.165, 1.54) is 25.8 Å². The monoisotopic (exact) mass is 198 g/mol. The fourth-order valence-corrected chi connectivity index (χ4v) is 2.12. The highest BCUT2D eigenvalue weighted by Crippen LogP contribution is 2.30. The molecule has 0 aromatic rings. The number of hydrogen-bond acceptors (Lipinski definition) is 2. The molecule has 0 aliphatic heterocycles. The average Bonchev–Trinajstić information content (AvgIpc) is 1.99. The van der Waals surface area contributed by atoms with Gasteiger partial charge in [0.1, 0.15) is 0 Å². The first-order chi connectivity index (χ1) is 6.43. The van der Waals surface area contributed by atoms with Gasteiger partial charge in [0.05, 0.1) is 0 Å². The largest absolute Gasteiger partial charge is 0.324 e. The van der Waals surface area contributed by atoms with Gasteiger partial charge in [-0.15, -0.1) is 0 Å². The third kappa shape index (κ3) is 3.25. The van der Waals surface area contributed by atoms with Crippen LogP contribution in [-0.4, -0.2) is 29.6 Å². The van der Waals surface area contributed by atoms with E-state index in [2.05, 4.69) is 32.6 Å². The first kappa shape index (κ1) is 12.0. The summed E-state index contributed by atoms with van der Waals surface area (Å²) in [4.78, 5) is 2.53. The Balaban J connectivity index is 2.42. The summed E-state index contributed by atoms with van der Waals surface area (Å²) in [6.45, 7) is 11.4. The van der Waals surface area contributed by atoms with Crippen LogP contribution >= 0.6 is 0 Å². The maximum Gasteiger partial charge on any atom is 0.0283 e. The van der Waals surface area contributed by atoms with Crippen LogP contribution < -0.4 is 5.73 Å². The van der Waals surface area contributed by atoms with E-state index < -0.39 is 0 Å². The van der Waals surface area contributed by atoms with Gasteiger partial charge >= 0.3 is 0 Å². The molecule has 14 heavy (non-hydrogen) atoms. The molecule has 1 rings (SSSR count). The van der Waals surface area contributed by atoms with Gasteiger partial charge < -0.3 is 5.73 Å². The third-order valence-corrected chi connectivity index (χ3v) is 3.20. The summed E-state index contributed by atoms with van der Waals surface area (Å²) in [7, 11) is 0. The van der Waals surface area contributed by atoms with Crippen molar-refractivity contribution in [3.63, 3.8) is 0 Å². The molecule has 0 heterocycles. The quantitative estimate of drug-likeness (QED) is 0.734. The van der Waals surface area contributed by atoms with Crippen molar-refractivity contribution in [1.29, 1.82) is 0 Å². The molecular formula is C12H26N2. The van der Waals surface area contributed by atoms with Crippen LogP contribution in [0.15, 0.2) is 0 Å². The van der Waals surface area contributed by atoms with Gasteiger partial charge in [-0.05, 0) is 39.0 Å². The second-order valence-electron chi connectivity index (χ2n) is 5.63. The predicted octanol–water partition coefficient (Wildman–Crippen LogP) is 2.23. The maximum absolute atomic E-state index is 6.28. The molecule has 0 aromatic heterocycles. The summed E-state index contributed by atoms with van der Waals surface area (Å²) < 4.78 is 0. The van der Waals surface area contributed by atoms with Crippen LogP contribution in [0.25, 0.3) is 0 Å². The fraction of sp³-hybridized carbons (Fsp3) is 1.00. The molecule has 0 aromatic carbocycles. The first-order valence-corrected chi connectivity index (χ1v) is 5.96.